The Bertz CT molecular complexity index is 474. The SMILES string of the molecule is Cc1c(Cl)cccc1NS(=O)(=O)CCCCN. The van der Waals surface area contributed by atoms with Crippen LogP contribution >= 0.6 is 11.6 Å². The molecule has 0 amide bonds. The molecule has 0 unspecified atom stereocenters. The summed E-state index contributed by atoms with van der Waals surface area (Å²) in [5.41, 5.74) is 6.59. The monoisotopic (exact) mass is 276 g/mol. The van der Waals surface area contributed by atoms with Gasteiger partial charge in [-0.1, -0.05) is 17.7 Å². The van der Waals surface area contributed by atoms with Crippen LogP contribution in [-0.4, -0.2) is 20.7 Å². The lowest BCUT2D eigenvalue weighted by Gasteiger charge is -2.11. The Morgan fingerprint density at radius 3 is 2.71 bits per heavy atom. The van der Waals surface area contributed by atoms with E-state index in [2.05, 4.69) is 4.72 Å². The van der Waals surface area contributed by atoms with Crippen molar-refractivity contribution in [2.75, 3.05) is 17.0 Å². The van der Waals surface area contributed by atoms with Gasteiger partial charge in [0.25, 0.3) is 0 Å². The van der Waals surface area contributed by atoms with Gasteiger partial charge in [0.2, 0.25) is 10.0 Å². The van der Waals surface area contributed by atoms with E-state index in [0.29, 0.717) is 30.1 Å². The van der Waals surface area contributed by atoms with E-state index in [0.717, 1.165) is 5.56 Å². The first-order valence-electron chi connectivity index (χ1n) is 5.42. The molecule has 0 heterocycles. The van der Waals surface area contributed by atoms with E-state index in [4.69, 9.17) is 17.3 Å². The molecule has 0 radical (unpaired) electrons. The molecule has 0 aliphatic rings. The molecule has 0 saturated heterocycles. The Labute approximate surface area is 107 Å². The van der Waals surface area contributed by atoms with Crippen molar-refractivity contribution in [2.45, 2.75) is 19.8 Å². The molecule has 0 aliphatic carbocycles. The third kappa shape index (κ3) is 4.53. The van der Waals surface area contributed by atoms with Crippen molar-refractivity contribution in [3.05, 3.63) is 28.8 Å². The maximum absolute atomic E-state index is 11.7. The predicted octanol–water partition coefficient (Wildman–Crippen LogP) is 2.13. The van der Waals surface area contributed by atoms with Gasteiger partial charge in [-0.25, -0.2) is 8.42 Å². The maximum atomic E-state index is 11.7. The van der Waals surface area contributed by atoms with Gasteiger partial charge >= 0.3 is 0 Å². The van der Waals surface area contributed by atoms with Crippen molar-refractivity contribution in [1.82, 2.24) is 0 Å². The van der Waals surface area contributed by atoms with Crippen molar-refractivity contribution in [3.8, 4) is 0 Å². The van der Waals surface area contributed by atoms with Crippen LogP contribution in [0.2, 0.25) is 5.02 Å². The van der Waals surface area contributed by atoms with Crippen molar-refractivity contribution in [2.24, 2.45) is 5.73 Å². The number of benzene rings is 1. The Hall–Kier alpha value is -0.780. The molecule has 0 atom stereocenters. The summed E-state index contributed by atoms with van der Waals surface area (Å²) in [6.07, 6.45) is 1.26. The van der Waals surface area contributed by atoms with E-state index in [-0.39, 0.29) is 5.75 Å². The predicted molar refractivity (Wildman–Crippen MR) is 71.9 cm³/mol. The fraction of sp³-hybridized carbons (Fsp3) is 0.455. The summed E-state index contributed by atoms with van der Waals surface area (Å²) in [4.78, 5) is 0. The van der Waals surface area contributed by atoms with Gasteiger partial charge in [-0.3, -0.25) is 4.72 Å². The second-order valence-electron chi connectivity index (χ2n) is 3.83. The average molecular weight is 277 g/mol. The molecule has 0 aliphatic heterocycles. The number of hydrogen-bond donors (Lipinski definition) is 2. The highest BCUT2D eigenvalue weighted by atomic mass is 35.5. The lowest BCUT2D eigenvalue weighted by Crippen LogP contribution is -2.18. The molecule has 1 rings (SSSR count). The molecular weight excluding hydrogens is 260 g/mol. The van der Waals surface area contributed by atoms with E-state index >= 15 is 0 Å². The van der Waals surface area contributed by atoms with Crippen molar-refractivity contribution < 1.29 is 8.42 Å². The highest BCUT2D eigenvalue weighted by molar-refractivity contribution is 7.92. The molecule has 1 aromatic carbocycles. The molecule has 0 fully saturated rings. The van der Waals surface area contributed by atoms with E-state index in [1.807, 2.05) is 0 Å². The third-order valence-corrected chi connectivity index (χ3v) is 4.17. The number of anilines is 1. The van der Waals surface area contributed by atoms with Gasteiger partial charge in [0, 0.05) is 5.02 Å². The van der Waals surface area contributed by atoms with E-state index < -0.39 is 10.0 Å². The highest BCUT2D eigenvalue weighted by Gasteiger charge is 2.12. The summed E-state index contributed by atoms with van der Waals surface area (Å²) in [7, 11) is -3.31. The summed E-state index contributed by atoms with van der Waals surface area (Å²) in [5.74, 6) is 0.0795. The van der Waals surface area contributed by atoms with Gasteiger partial charge in [0.15, 0.2) is 0 Å². The molecule has 17 heavy (non-hydrogen) atoms. The standard InChI is InChI=1S/C11H17ClN2O2S/c1-9-10(12)5-4-6-11(9)14-17(15,16)8-3-2-7-13/h4-6,14H,2-3,7-8,13H2,1H3. The van der Waals surface area contributed by atoms with Crippen LogP contribution in [0.1, 0.15) is 18.4 Å². The molecule has 1 aromatic rings. The van der Waals surface area contributed by atoms with Crippen LogP contribution in [-0.2, 0) is 10.0 Å². The maximum Gasteiger partial charge on any atom is 0.232 e. The van der Waals surface area contributed by atoms with Gasteiger partial charge in [0.05, 0.1) is 11.4 Å². The number of sulfonamides is 1. The number of hydrogen-bond acceptors (Lipinski definition) is 3. The summed E-state index contributed by atoms with van der Waals surface area (Å²) in [6, 6.07) is 5.14. The van der Waals surface area contributed by atoms with Crippen LogP contribution in [0.25, 0.3) is 0 Å². The molecule has 0 saturated carbocycles. The number of halogens is 1. The van der Waals surface area contributed by atoms with Crippen LogP contribution in [0.15, 0.2) is 18.2 Å². The highest BCUT2D eigenvalue weighted by Crippen LogP contribution is 2.23. The zero-order valence-electron chi connectivity index (χ0n) is 9.74. The number of nitrogens with one attached hydrogen (secondary N) is 1. The fourth-order valence-electron chi connectivity index (χ4n) is 1.37. The molecule has 96 valence electrons. The smallest absolute Gasteiger partial charge is 0.232 e. The molecule has 4 nitrogen and oxygen atoms in total. The molecule has 0 aromatic heterocycles. The van der Waals surface area contributed by atoms with Crippen molar-refractivity contribution in [3.63, 3.8) is 0 Å². The lowest BCUT2D eigenvalue weighted by atomic mass is 10.2. The summed E-state index contributed by atoms with van der Waals surface area (Å²) >= 11 is 5.92. The third-order valence-electron chi connectivity index (χ3n) is 2.40. The zero-order chi connectivity index (χ0) is 12.9. The summed E-state index contributed by atoms with van der Waals surface area (Å²) in [5, 5.41) is 0.548. The Morgan fingerprint density at radius 2 is 2.06 bits per heavy atom. The summed E-state index contributed by atoms with van der Waals surface area (Å²) < 4.78 is 26.0. The average Bonchev–Trinajstić information content (AvgIpc) is 2.25. The molecule has 6 heteroatoms. The normalized spacial score (nSPS) is 11.5. The second kappa shape index (κ2) is 6.23. The molecular formula is C11H17ClN2O2S. The fourth-order valence-corrected chi connectivity index (χ4v) is 2.79. The first-order valence-corrected chi connectivity index (χ1v) is 7.45. The minimum Gasteiger partial charge on any atom is -0.330 e. The van der Waals surface area contributed by atoms with Crippen LogP contribution in [0.3, 0.4) is 0 Å². The van der Waals surface area contributed by atoms with Gasteiger partial charge in [-0.05, 0) is 44.0 Å². The van der Waals surface area contributed by atoms with Gasteiger partial charge in [-0.15, -0.1) is 0 Å². The topological polar surface area (TPSA) is 72.2 Å². The molecule has 3 N–H and O–H groups in total. The lowest BCUT2D eigenvalue weighted by molar-refractivity contribution is 0.597. The first kappa shape index (κ1) is 14.3. The van der Waals surface area contributed by atoms with E-state index in [1.165, 1.54) is 0 Å². The van der Waals surface area contributed by atoms with Crippen LogP contribution < -0.4 is 10.5 Å². The Balaban J connectivity index is 2.73. The van der Waals surface area contributed by atoms with Gasteiger partial charge in [0.1, 0.15) is 0 Å². The van der Waals surface area contributed by atoms with E-state index in [1.54, 1.807) is 25.1 Å². The van der Waals surface area contributed by atoms with Crippen molar-refractivity contribution >= 4 is 27.3 Å². The quantitative estimate of drug-likeness (QED) is 0.782. The van der Waals surface area contributed by atoms with Crippen LogP contribution in [0.4, 0.5) is 5.69 Å². The van der Waals surface area contributed by atoms with Crippen LogP contribution in [0.5, 0.6) is 0 Å². The second-order valence-corrected chi connectivity index (χ2v) is 6.08. The van der Waals surface area contributed by atoms with E-state index in [9.17, 15) is 8.42 Å². The first-order chi connectivity index (χ1) is 7.96. The molecule has 0 bridgehead atoms. The minimum atomic E-state index is -3.31. The minimum absolute atomic E-state index is 0.0795. The number of unbranched alkanes of at least 4 members (excludes halogenated alkanes) is 1. The number of rotatable bonds is 6. The largest absolute Gasteiger partial charge is 0.330 e. The summed E-state index contributed by atoms with van der Waals surface area (Å²) in [6.45, 7) is 2.28. The Kier molecular flexibility index (Phi) is 5.24. The van der Waals surface area contributed by atoms with Gasteiger partial charge in [-0.2, -0.15) is 0 Å². The number of nitrogens with two attached hydrogens (primary N) is 1. The Morgan fingerprint density at radius 1 is 1.35 bits per heavy atom. The van der Waals surface area contributed by atoms with Gasteiger partial charge < -0.3 is 5.73 Å². The zero-order valence-corrected chi connectivity index (χ0v) is 11.3. The van der Waals surface area contributed by atoms with Crippen LogP contribution in [0, 0.1) is 6.92 Å². The molecule has 0 spiro atoms. The van der Waals surface area contributed by atoms with Crippen molar-refractivity contribution in [1.29, 1.82) is 0 Å².